The molecule has 0 radical (unpaired) electrons. The number of hydrogen-bond donors (Lipinski definition) is 2. The molecule has 1 aliphatic heterocycles. The zero-order valence-corrected chi connectivity index (χ0v) is 20.4. The molecule has 7 nitrogen and oxygen atoms in total. The second-order valence-corrected chi connectivity index (χ2v) is 9.39. The highest BCUT2D eigenvalue weighted by Crippen LogP contribution is 2.38. The number of piperidine rings is 1. The van der Waals surface area contributed by atoms with Gasteiger partial charge in [-0.1, -0.05) is 17.7 Å². The Morgan fingerprint density at radius 1 is 1.08 bits per heavy atom. The maximum Gasteiger partial charge on any atom is 0.490 e. The molecule has 1 aliphatic carbocycles. The number of anilines is 2. The van der Waals surface area contributed by atoms with Crippen molar-refractivity contribution >= 4 is 40.2 Å². The summed E-state index contributed by atoms with van der Waals surface area (Å²) in [6.45, 7) is 1.13. The van der Waals surface area contributed by atoms with E-state index in [1.807, 2.05) is 0 Å². The summed E-state index contributed by atoms with van der Waals surface area (Å²) in [5, 5.41) is 10.9. The van der Waals surface area contributed by atoms with E-state index in [0.29, 0.717) is 59.8 Å². The number of aliphatic carboxylic acids is 1. The molecule has 0 amide bonds. The molecule has 3 heterocycles. The number of fused-ring (bicyclic) bond motifs is 1. The Morgan fingerprint density at radius 2 is 1.74 bits per heavy atom. The average Bonchev–Trinajstić information content (AvgIpc) is 3.67. The van der Waals surface area contributed by atoms with E-state index in [-0.39, 0.29) is 11.5 Å². The van der Waals surface area contributed by atoms with Crippen molar-refractivity contribution in [2.75, 3.05) is 23.3 Å². The van der Waals surface area contributed by atoms with Crippen molar-refractivity contribution in [3.63, 3.8) is 0 Å². The zero-order chi connectivity index (χ0) is 27.6. The number of nitrogens with zero attached hydrogens (tertiary/aromatic N) is 4. The highest BCUT2D eigenvalue weighted by atomic mass is 35.5. The van der Waals surface area contributed by atoms with Gasteiger partial charge in [0.1, 0.15) is 28.5 Å². The number of nitrogens with one attached hydrogen (secondary N) is 1. The maximum absolute atomic E-state index is 15.0. The zero-order valence-electron chi connectivity index (χ0n) is 19.7. The Hall–Kier alpha value is -3.35. The van der Waals surface area contributed by atoms with E-state index < -0.39 is 30.0 Å². The fourth-order valence-corrected chi connectivity index (χ4v) is 4.20. The van der Waals surface area contributed by atoms with E-state index in [0.717, 1.165) is 25.0 Å². The van der Waals surface area contributed by atoms with Crippen LogP contribution in [0, 0.1) is 17.6 Å². The summed E-state index contributed by atoms with van der Waals surface area (Å²) in [7, 11) is 0. The topological polar surface area (TPSA) is 91.2 Å². The van der Waals surface area contributed by atoms with E-state index >= 15 is 4.39 Å². The molecular formula is C24H22ClF6N5O2. The number of alkyl halides is 4. The van der Waals surface area contributed by atoms with Crippen LogP contribution in [0.1, 0.15) is 37.4 Å². The summed E-state index contributed by atoms with van der Waals surface area (Å²) in [5.74, 6) is -3.23. The number of carboxylic acid groups (broad SMARTS) is 1. The summed E-state index contributed by atoms with van der Waals surface area (Å²) in [5.41, 5.74) is 1.22. The van der Waals surface area contributed by atoms with Gasteiger partial charge in [-0.3, -0.25) is 0 Å². The van der Waals surface area contributed by atoms with Crippen molar-refractivity contribution in [2.45, 2.75) is 44.1 Å². The minimum absolute atomic E-state index is 0.0793. The third kappa shape index (κ3) is 6.74. The number of pyridine rings is 1. The van der Waals surface area contributed by atoms with E-state index in [4.69, 9.17) is 31.5 Å². The molecule has 2 aliphatic rings. The lowest BCUT2D eigenvalue weighted by Crippen LogP contribution is -2.36. The minimum atomic E-state index is -5.08. The highest BCUT2D eigenvalue weighted by Gasteiger charge is 2.38. The molecule has 1 atom stereocenters. The normalized spacial score (nSPS) is 17.1. The van der Waals surface area contributed by atoms with Crippen molar-refractivity contribution < 1.29 is 36.2 Å². The van der Waals surface area contributed by atoms with Gasteiger partial charge >= 0.3 is 12.1 Å². The number of hydrogen-bond acceptors (Lipinski definition) is 6. The third-order valence-corrected chi connectivity index (χ3v) is 6.38. The number of halogens is 7. The Balaban J connectivity index is 0.000000426. The number of rotatable bonds is 5. The number of aromatic nitrogens is 3. The fraction of sp³-hybridized carbons (Fsp3) is 0.417. The van der Waals surface area contributed by atoms with E-state index in [1.165, 1.54) is 6.07 Å². The molecule has 1 saturated carbocycles. The van der Waals surface area contributed by atoms with Crippen LogP contribution in [0.2, 0.25) is 5.15 Å². The van der Waals surface area contributed by atoms with Gasteiger partial charge in [0.2, 0.25) is 0 Å². The maximum atomic E-state index is 15.0. The molecule has 0 unspecified atom stereocenters. The van der Waals surface area contributed by atoms with Crippen molar-refractivity contribution in [1.29, 1.82) is 0 Å². The molecule has 14 heteroatoms. The molecule has 2 fully saturated rings. The number of carbonyl (C=O) groups is 1. The summed E-state index contributed by atoms with van der Waals surface area (Å²) < 4.78 is 73.9. The number of benzene rings is 1. The van der Waals surface area contributed by atoms with Gasteiger partial charge in [0.05, 0.1) is 11.7 Å². The molecule has 1 aromatic carbocycles. The predicted octanol–water partition coefficient (Wildman–Crippen LogP) is 6.09. The summed E-state index contributed by atoms with van der Waals surface area (Å²) in [6, 6.07) is 5.10. The first-order valence-electron chi connectivity index (χ1n) is 11.7. The van der Waals surface area contributed by atoms with Crippen molar-refractivity contribution in [2.24, 2.45) is 5.92 Å². The van der Waals surface area contributed by atoms with Crippen LogP contribution in [0.3, 0.4) is 0 Å². The Labute approximate surface area is 217 Å². The van der Waals surface area contributed by atoms with Crippen molar-refractivity contribution in [3.05, 3.63) is 52.8 Å². The average molecular weight is 562 g/mol. The van der Waals surface area contributed by atoms with Crippen LogP contribution in [0.4, 0.5) is 38.0 Å². The monoisotopic (exact) mass is 561 g/mol. The van der Waals surface area contributed by atoms with Gasteiger partial charge in [0.15, 0.2) is 11.6 Å². The molecule has 0 spiro atoms. The standard InChI is InChI=1S/C22H21ClF3N5.C2HF3O2/c23-19-10-17-18(11-27-19)30-22(21(29-17)28-14-2-3-14)31-7-5-12(6-8-31)20(26)15-4-1-13(24)9-16(15)25;3-2(4,5)1(6)7/h1,4,9-12,14,20H,2-3,5-8H2,(H,28,29);(H,6,7)/t20-;/m0./s1. The minimum Gasteiger partial charge on any atom is -0.475 e. The first-order valence-corrected chi connectivity index (χ1v) is 12.0. The molecule has 1 saturated heterocycles. The van der Waals surface area contributed by atoms with Crippen LogP contribution in [0.15, 0.2) is 30.5 Å². The van der Waals surface area contributed by atoms with E-state index in [1.54, 1.807) is 12.3 Å². The van der Waals surface area contributed by atoms with Gasteiger partial charge in [0.25, 0.3) is 0 Å². The van der Waals surface area contributed by atoms with Crippen LogP contribution in [-0.2, 0) is 4.79 Å². The summed E-state index contributed by atoms with van der Waals surface area (Å²) in [6.07, 6.45) is -1.73. The number of carboxylic acids is 1. The van der Waals surface area contributed by atoms with Gasteiger partial charge in [-0.2, -0.15) is 13.2 Å². The molecule has 38 heavy (non-hydrogen) atoms. The molecule has 2 aromatic heterocycles. The molecular weight excluding hydrogens is 540 g/mol. The molecule has 3 aromatic rings. The lowest BCUT2D eigenvalue weighted by atomic mass is 9.88. The van der Waals surface area contributed by atoms with Crippen LogP contribution in [0.25, 0.3) is 11.0 Å². The van der Waals surface area contributed by atoms with Crippen molar-refractivity contribution in [1.82, 2.24) is 15.0 Å². The lowest BCUT2D eigenvalue weighted by molar-refractivity contribution is -0.192. The van der Waals surface area contributed by atoms with Gasteiger partial charge in [-0.25, -0.2) is 32.9 Å². The van der Waals surface area contributed by atoms with Crippen LogP contribution in [0.5, 0.6) is 0 Å². The van der Waals surface area contributed by atoms with Gasteiger partial charge in [0, 0.05) is 36.8 Å². The summed E-state index contributed by atoms with van der Waals surface area (Å²) in [4.78, 5) is 24.5. The Bertz CT molecular complexity index is 1320. The highest BCUT2D eigenvalue weighted by molar-refractivity contribution is 6.29. The Morgan fingerprint density at radius 3 is 2.32 bits per heavy atom. The summed E-state index contributed by atoms with van der Waals surface area (Å²) >= 11 is 6.00. The third-order valence-electron chi connectivity index (χ3n) is 6.17. The van der Waals surface area contributed by atoms with Crippen LogP contribution >= 0.6 is 11.6 Å². The quantitative estimate of drug-likeness (QED) is 0.288. The van der Waals surface area contributed by atoms with Gasteiger partial charge in [-0.15, -0.1) is 0 Å². The SMILES string of the molecule is Fc1ccc([C@@H](F)C2CCN(c3nc4cnc(Cl)cc4nc3NC3CC3)CC2)c(F)c1.O=C(O)C(F)(F)F. The van der Waals surface area contributed by atoms with Crippen LogP contribution < -0.4 is 10.2 Å². The van der Waals surface area contributed by atoms with Gasteiger partial charge in [-0.05, 0) is 37.7 Å². The first-order chi connectivity index (χ1) is 17.9. The Kier molecular flexibility index (Phi) is 8.14. The fourth-order valence-electron chi connectivity index (χ4n) is 4.05. The first kappa shape index (κ1) is 27.7. The molecule has 5 rings (SSSR count). The van der Waals surface area contributed by atoms with Crippen LogP contribution in [-0.4, -0.2) is 51.3 Å². The van der Waals surface area contributed by atoms with E-state index in [9.17, 15) is 22.0 Å². The second kappa shape index (κ2) is 11.2. The van der Waals surface area contributed by atoms with E-state index in [2.05, 4.69) is 15.2 Å². The predicted molar refractivity (Wildman–Crippen MR) is 128 cm³/mol. The van der Waals surface area contributed by atoms with Crippen molar-refractivity contribution in [3.8, 4) is 0 Å². The largest absolute Gasteiger partial charge is 0.490 e. The lowest BCUT2D eigenvalue weighted by Gasteiger charge is -2.35. The molecule has 204 valence electrons. The molecule has 2 N–H and O–H groups in total. The molecule has 0 bridgehead atoms. The second-order valence-electron chi connectivity index (χ2n) is 9.01. The van der Waals surface area contributed by atoms with Gasteiger partial charge < -0.3 is 15.3 Å². The smallest absolute Gasteiger partial charge is 0.475 e.